The van der Waals surface area contributed by atoms with Crippen LogP contribution in [0, 0.1) is 0 Å². The molecule has 8 unspecified atom stereocenters. The molecule has 14 heteroatoms. The molecular formula is C36H72NO12P. The quantitative estimate of drug-likeness (QED) is 0.0353. The van der Waals surface area contributed by atoms with Crippen molar-refractivity contribution in [2.75, 3.05) is 6.61 Å². The van der Waals surface area contributed by atoms with Crippen molar-refractivity contribution >= 4 is 13.7 Å². The molecule has 298 valence electrons. The van der Waals surface area contributed by atoms with Gasteiger partial charge in [0.2, 0.25) is 5.91 Å². The molecule has 1 rings (SSSR count). The Bertz CT molecular complexity index is 885. The van der Waals surface area contributed by atoms with Crippen LogP contribution in [0.25, 0.3) is 0 Å². The van der Waals surface area contributed by atoms with E-state index in [0.717, 1.165) is 51.4 Å². The number of aliphatic hydroxyl groups excluding tert-OH is 7. The second kappa shape index (κ2) is 27.8. The summed E-state index contributed by atoms with van der Waals surface area (Å²) in [4.78, 5) is 23.2. The Balaban J connectivity index is 2.59. The highest BCUT2D eigenvalue weighted by Crippen LogP contribution is 2.47. The maximum Gasteiger partial charge on any atom is 0.472 e. The van der Waals surface area contributed by atoms with Gasteiger partial charge in [0.25, 0.3) is 0 Å². The fourth-order valence-electron chi connectivity index (χ4n) is 6.42. The van der Waals surface area contributed by atoms with Gasteiger partial charge >= 0.3 is 7.82 Å². The number of aliphatic hydroxyl groups is 7. The van der Waals surface area contributed by atoms with E-state index in [9.17, 15) is 50.0 Å². The van der Waals surface area contributed by atoms with Crippen molar-refractivity contribution in [2.45, 2.75) is 216 Å². The van der Waals surface area contributed by atoms with Crippen LogP contribution < -0.4 is 5.32 Å². The zero-order valence-corrected chi connectivity index (χ0v) is 31.7. The highest BCUT2D eigenvalue weighted by molar-refractivity contribution is 7.47. The van der Waals surface area contributed by atoms with Crippen LogP contribution in [-0.2, 0) is 18.4 Å². The molecule has 1 amide bonds. The fourth-order valence-corrected chi connectivity index (χ4v) is 7.39. The van der Waals surface area contributed by atoms with Gasteiger partial charge in [0, 0.05) is 0 Å². The zero-order valence-electron chi connectivity index (χ0n) is 30.8. The summed E-state index contributed by atoms with van der Waals surface area (Å²) in [6.45, 7) is 3.70. The van der Waals surface area contributed by atoms with Crippen LogP contribution in [0.1, 0.15) is 162 Å². The Morgan fingerprint density at radius 2 is 1.00 bits per heavy atom. The van der Waals surface area contributed by atoms with E-state index < -0.39 is 75.2 Å². The van der Waals surface area contributed by atoms with Gasteiger partial charge in [-0.15, -0.1) is 0 Å². The number of rotatable bonds is 31. The van der Waals surface area contributed by atoms with E-state index in [2.05, 4.69) is 19.2 Å². The van der Waals surface area contributed by atoms with E-state index in [1.807, 2.05) is 0 Å². The molecule has 0 bridgehead atoms. The Kier molecular flexibility index (Phi) is 26.3. The lowest BCUT2D eigenvalue weighted by Crippen LogP contribution is -2.64. The molecule has 0 spiro atoms. The molecule has 0 aliphatic heterocycles. The SMILES string of the molecule is CCCCCCCCCCCCCCC(O)CC(=O)NC(COP(=O)(O)OC1C(O)C(O)C(O)C(O)C1O)C(O)CCCCCCCCCC. The minimum absolute atomic E-state index is 0.217. The van der Waals surface area contributed by atoms with Gasteiger partial charge in [0.1, 0.15) is 36.6 Å². The average molecular weight is 742 g/mol. The Labute approximate surface area is 300 Å². The molecule has 1 fully saturated rings. The average Bonchev–Trinajstić information content (AvgIpc) is 3.08. The summed E-state index contributed by atoms with van der Waals surface area (Å²) in [5.41, 5.74) is 0. The molecule has 9 N–H and O–H groups in total. The summed E-state index contributed by atoms with van der Waals surface area (Å²) in [6.07, 6.45) is 9.12. The number of nitrogens with one attached hydrogen (secondary N) is 1. The van der Waals surface area contributed by atoms with Crippen LogP contribution in [0.15, 0.2) is 0 Å². The summed E-state index contributed by atoms with van der Waals surface area (Å²) in [5, 5.41) is 74.0. The molecule has 13 nitrogen and oxygen atoms in total. The molecule has 1 aliphatic rings. The maximum atomic E-state index is 12.9. The zero-order chi connectivity index (χ0) is 37.4. The molecular weight excluding hydrogens is 669 g/mol. The van der Waals surface area contributed by atoms with Gasteiger partial charge in [-0.1, -0.05) is 142 Å². The van der Waals surface area contributed by atoms with E-state index in [1.54, 1.807) is 0 Å². The van der Waals surface area contributed by atoms with E-state index in [-0.39, 0.29) is 12.8 Å². The first-order valence-corrected chi connectivity index (χ1v) is 21.1. The van der Waals surface area contributed by atoms with Gasteiger partial charge < -0.3 is 46.0 Å². The number of phosphoric ester groups is 1. The third-order valence-electron chi connectivity index (χ3n) is 9.72. The van der Waals surface area contributed by atoms with Crippen LogP contribution in [0.2, 0.25) is 0 Å². The van der Waals surface area contributed by atoms with Gasteiger partial charge in [0.05, 0.1) is 31.3 Å². The van der Waals surface area contributed by atoms with Crippen molar-refractivity contribution in [1.29, 1.82) is 0 Å². The predicted octanol–water partition coefficient (Wildman–Crippen LogP) is 4.53. The lowest BCUT2D eigenvalue weighted by atomic mass is 9.85. The van der Waals surface area contributed by atoms with Crippen LogP contribution in [0.4, 0.5) is 0 Å². The fraction of sp³-hybridized carbons (Fsp3) is 0.972. The second-order valence-corrected chi connectivity index (χ2v) is 15.7. The van der Waals surface area contributed by atoms with E-state index in [1.165, 1.54) is 70.6 Å². The monoisotopic (exact) mass is 741 g/mol. The van der Waals surface area contributed by atoms with Crippen molar-refractivity contribution in [2.24, 2.45) is 0 Å². The van der Waals surface area contributed by atoms with E-state index >= 15 is 0 Å². The maximum absolute atomic E-state index is 12.9. The Morgan fingerprint density at radius 3 is 1.44 bits per heavy atom. The number of phosphoric acid groups is 1. The molecule has 1 aliphatic carbocycles. The number of amides is 1. The normalized spacial score (nSPS) is 25.6. The smallest absolute Gasteiger partial charge is 0.393 e. The van der Waals surface area contributed by atoms with E-state index in [4.69, 9.17) is 9.05 Å². The van der Waals surface area contributed by atoms with Crippen molar-refractivity contribution in [3.63, 3.8) is 0 Å². The minimum Gasteiger partial charge on any atom is -0.393 e. The Morgan fingerprint density at radius 1 is 0.620 bits per heavy atom. The summed E-state index contributed by atoms with van der Waals surface area (Å²) < 4.78 is 22.7. The first kappa shape index (κ1) is 47.3. The number of carbonyl (C=O) groups excluding carboxylic acids is 1. The largest absolute Gasteiger partial charge is 0.472 e. The van der Waals surface area contributed by atoms with Crippen LogP contribution in [-0.4, -0.2) is 108 Å². The van der Waals surface area contributed by atoms with Gasteiger partial charge in [-0.05, 0) is 12.8 Å². The molecule has 0 aromatic carbocycles. The molecule has 0 aromatic heterocycles. The standard InChI is InChI=1S/C36H72NO12P/c1-3-5-7-9-11-13-14-15-16-17-19-21-23-27(38)25-30(40)37-28(29(39)24-22-20-18-12-10-8-6-4-2)26-48-50(46,47)49-36-34(44)32(42)31(41)33(43)35(36)45/h27-29,31-36,38-39,41-45H,3-26H2,1-2H3,(H,37,40)(H,46,47). The van der Waals surface area contributed by atoms with Gasteiger partial charge in [0.15, 0.2) is 0 Å². The number of carbonyl (C=O) groups is 1. The highest BCUT2D eigenvalue weighted by atomic mass is 31.2. The van der Waals surface area contributed by atoms with Crippen molar-refractivity contribution in [3.05, 3.63) is 0 Å². The first-order chi connectivity index (χ1) is 23.8. The molecule has 8 atom stereocenters. The second-order valence-electron chi connectivity index (χ2n) is 14.3. The van der Waals surface area contributed by atoms with Crippen molar-refractivity contribution < 1.29 is 59.0 Å². The minimum atomic E-state index is -5.10. The number of hydrogen-bond acceptors (Lipinski definition) is 11. The molecule has 0 saturated heterocycles. The molecule has 1 saturated carbocycles. The lowest BCUT2D eigenvalue weighted by Gasteiger charge is -2.41. The lowest BCUT2D eigenvalue weighted by molar-refractivity contribution is -0.220. The van der Waals surface area contributed by atoms with Crippen LogP contribution >= 0.6 is 7.82 Å². The predicted molar refractivity (Wildman–Crippen MR) is 192 cm³/mol. The third-order valence-corrected chi connectivity index (χ3v) is 10.7. The van der Waals surface area contributed by atoms with Gasteiger partial charge in [-0.2, -0.15) is 0 Å². The molecule has 0 radical (unpaired) electrons. The summed E-state index contributed by atoms with van der Waals surface area (Å²) in [6, 6.07) is -1.14. The van der Waals surface area contributed by atoms with Crippen molar-refractivity contribution in [1.82, 2.24) is 5.32 Å². The Hall–Kier alpha value is -0.700. The number of hydrogen-bond donors (Lipinski definition) is 9. The summed E-state index contributed by atoms with van der Waals surface area (Å²) in [5.74, 6) is -0.563. The molecule has 0 heterocycles. The summed E-state index contributed by atoms with van der Waals surface area (Å²) in [7, 11) is -5.10. The molecule has 0 aromatic rings. The third kappa shape index (κ3) is 20.5. The van der Waals surface area contributed by atoms with Crippen molar-refractivity contribution in [3.8, 4) is 0 Å². The first-order valence-electron chi connectivity index (χ1n) is 19.6. The van der Waals surface area contributed by atoms with Crippen LogP contribution in [0.3, 0.4) is 0 Å². The molecule has 50 heavy (non-hydrogen) atoms. The van der Waals surface area contributed by atoms with E-state index in [0.29, 0.717) is 12.8 Å². The summed E-state index contributed by atoms with van der Waals surface area (Å²) >= 11 is 0. The van der Waals surface area contributed by atoms with Gasteiger partial charge in [-0.25, -0.2) is 4.57 Å². The number of unbranched alkanes of at least 4 members (excludes halogenated alkanes) is 18. The highest BCUT2D eigenvalue weighted by Gasteiger charge is 2.51. The van der Waals surface area contributed by atoms with Crippen LogP contribution in [0.5, 0.6) is 0 Å². The topological polar surface area (TPSA) is 226 Å². The van der Waals surface area contributed by atoms with Gasteiger partial charge in [-0.3, -0.25) is 13.8 Å².